The van der Waals surface area contributed by atoms with Gasteiger partial charge in [0.25, 0.3) is 10.0 Å². The van der Waals surface area contributed by atoms with Crippen LogP contribution in [0.15, 0.2) is 39.9 Å². The lowest BCUT2D eigenvalue weighted by Crippen LogP contribution is -2.41. The summed E-state index contributed by atoms with van der Waals surface area (Å²) in [6, 6.07) is 9.09. The molecule has 0 saturated carbocycles. The first-order valence-corrected chi connectivity index (χ1v) is 11.0. The summed E-state index contributed by atoms with van der Waals surface area (Å²) >= 11 is 1.21. The van der Waals surface area contributed by atoms with Crippen LogP contribution >= 0.6 is 11.3 Å². The van der Waals surface area contributed by atoms with E-state index in [0.717, 1.165) is 11.1 Å². The number of nitrogens with zero attached hydrogens (tertiary/aromatic N) is 2. The molecule has 0 atom stereocenters. The van der Waals surface area contributed by atoms with Crippen LogP contribution in [0.1, 0.15) is 31.9 Å². The molecule has 3 rings (SSSR count). The number of ether oxygens (including phenoxy) is 1. The summed E-state index contributed by atoms with van der Waals surface area (Å²) in [5.74, 6) is 0.650. The average Bonchev–Trinajstić information content (AvgIpc) is 3.07. The average molecular weight is 409 g/mol. The van der Waals surface area contributed by atoms with E-state index in [1.807, 2.05) is 32.0 Å². The Morgan fingerprint density at radius 3 is 2.67 bits per heavy atom. The number of hydrogen-bond donors (Lipinski definition) is 0. The molecule has 1 aromatic heterocycles. The first-order chi connectivity index (χ1) is 12.6. The molecule has 0 fully saturated rings. The Kier molecular flexibility index (Phi) is 5.33. The maximum absolute atomic E-state index is 12.9. The third kappa shape index (κ3) is 3.74. The van der Waals surface area contributed by atoms with Gasteiger partial charge in [-0.3, -0.25) is 4.79 Å². The second-order valence-electron chi connectivity index (χ2n) is 7.08. The molecule has 6 nitrogen and oxygen atoms in total. The standard InChI is InChI=1S/C19H24N2O4S2/c1-14(22)20(4)19(2,3)16-7-8-17-15(12-16)13-21(9-10-25-17)27(23,24)18-6-5-11-26-18/h5-8,11-12H,9-10,13H2,1-4H3. The number of carbonyl (C=O) groups is 1. The van der Waals surface area contributed by atoms with E-state index >= 15 is 0 Å². The minimum atomic E-state index is -3.56. The van der Waals surface area contributed by atoms with Gasteiger partial charge in [-0.25, -0.2) is 8.42 Å². The number of amides is 1. The minimum absolute atomic E-state index is 0.0342. The predicted octanol–water partition coefficient (Wildman–Crippen LogP) is 3.04. The molecule has 8 heteroatoms. The molecule has 0 radical (unpaired) electrons. The molecular weight excluding hydrogens is 384 g/mol. The maximum atomic E-state index is 12.9. The highest BCUT2D eigenvalue weighted by atomic mass is 32.2. The molecule has 0 N–H and O–H groups in total. The Hall–Kier alpha value is -1.90. The Labute approximate surface area is 164 Å². The molecule has 146 valence electrons. The molecule has 1 aliphatic heterocycles. The summed E-state index contributed by atoms with van der Waals surface area (Å²) in [5.41, 5.74) is 1.21. The van der Waals surface area contributed by atoms with Crippen LogP contribution < -0.4 is 4.74 Å². The van der Waals surface area contributed by atoms with Gasteiger partial charge in [-0.2, -0.15) is 4.31 Å². The van der Waals surface area contributed by atoms with Gasteiger partial charge in [0.2, 0.25) is 5.91 Å². The number of carbonyl (C=O) groups excluding carboxylic acids is 1. The van der Waals surface area contributed by atoms with Crippen molar-refractivity contribution in [1.29, 1.82) is 0 Å². The van der Waals surface area contributed by atoms with E-state index in [0.29, 0.717) is 23.1 Å². The van der Waals surface area contributed by atoms with Crippen molar-refractivity contribution in [3.8, 4) is 5.75 Å². The van der Waals surface area contributed by atoms with Gasteiger partial charge in [-0.1, -0.05) is 12.1 Å². The third-order valence-corrected chi connectivity index (χ3v) is 8.33. The van der Waals surface area contributed by atoms with E-state index in [-0.39, 0.29) is 12.5 Å². The number of benzene rings is 1. The van der Waals surface area contributed by atoms with E-state index in [1.54, 1.807) is 29.5 Å². The van der Waals surface area contributed by atoms with Crippen molar-refractivity contribution in [2.75, 3.05) is 20.2 Å². The van der Waals surface area contributed by atoms with Crippen LogP contribution in [-0.4, -0.2) is 43.7 Å². The van der Waals surface area contributed by atoms with E-state index in [9.17, 15) is 13.2 Å². The van der Waals surface area contributed by atoms with Gasteiger partial charge in [-0.05, 0) is 43.0 Å². The molecule has 0 spiro atoms. The van der Waals surface area contributed by atoms with E-state index in [2.05, 4.69) is 0 Å². The second kappa shape index (κ2) is 7.26. The summed E-state index contributed by atoms with van der Waals surface area (Å²) < 4.78 is 33.4. The van der Waals surface area contributed by atoms with E-state index < -0.39 is 15.6 Å². The highest BCUT2D eigenvalue weighted by Crippen LogP contribution is 2.33. The SMILES string of the molecule is CC(=O)N(C)C(C)(C)c1ccc2c(c1)CN(S(=O)(=O)c1cccs1)CCO2. The van der Waals surface area contributed by atoms with Crippen LogP contribution in [0.2, 0.25) is 0 Å². The Balaban J connectivity index is 1.97. The smallest absolute Gasteiger partial charge is 0.252 e. The number of sulfonamides is 1. The quantitative estimate of drug-likeness (QED) is 0.780. The molecule has 27 heavy (non-hydrogen) atoms. The summed E-state index contributed by atoms with van der Waals surface area (Å²) in [4.78, 5) is 13.5. The highest BCUT2D eigenvalue weighted by molar-refractivity contribution is 7.91. The molecule has 1 aliphatic rings. The van der Waals surface area contributed by atoms with Crippen molar-refractivity contribution >= 4 is 27.3 Å². The van der Waals surface area contributed by atoms with Gasteiger partial charge >= 0.3 is 0 Å². The normalized spacial score (nSPS) is 15.6. The van der Waals surface area contributed by atoms with Crippen LogP contribution in [0, 0.1) is 0 Å². The highest BCUT2D eigenvalue weighted by Gasteiger charge is 2.31. The van der Waals surface area contributed by atoms with E-state index in [1.165, 1.54) is 22.6 Å². The molecule has 2 heterocycles. The Bertz CT molecular complexity index is 937. The number of rotatable bonds is 4. The zero-order chi connectivity index (χ0) is 19.8. The Morgan fingerprint density at radius 1 is 1.30 bits per heavy atom. The molecule has 0 bridgehead atoms. The van der Waals surface area contributed by atoms with Crippen LogP contribution in [0.5, 0.6) is 5.75 Å². The molecular formula is C19H24N2O4S2. The zero-order valence-corrected chi connectivity index (χ0v) is 17.6. The first-order valence-electron chi connectivity index (χ1n) is 8.68. The lowest BCUT2D eigenvalue weighted by Gasteiger charge is -2.36. The monoisotopic (exact) mass is 408 g/mol. The van der Waals surface area contributed by atoms with Gasteiger partial charge in [0.05, 0.1) is 5.54 Å². The number of fused-ring (bicyclic) bond motifs is 1. The third-order valence-electron chi connectivity index (χ3n) is 5.11. The van der Waals surface area contributed by atoms with Crippen LogP contribution in [-0.2, 0) is 26.9 Å². The topological polar surface area (TPSA) is 66.9 Å². The summed E-state index contributed by atoms with van der Waals surface area (Å²) in [5, 5.41) is 1.76. The van der Waals surface area contributed by atoms with Gasteiger partial charge < -0.3 is 9.64 Å². The molecule has 0 saturated heterocycles. The van der Waals surface area contributed by atoms with Crippen molar-refractivity contribution in [2.24, 2.45) is 0 Å². The molecule has 1 amide bonds. The largest absolute Gasteiger partial charge is 0.492 e. The fraction of sp³-hybridized carbons (Fsp3) is 0.421. The fourth-order valence-corrected chi connectivity index (χ4v) is 5.63. The van der Waals surface area contributed by atoms with Gasteiger partial charge in [0.15, 0.2) is 0 Å². The molecule has 1 aromatic carbocycles. The van der Waals surface area contributed by atoms with Crippen LogP contribution in [0.25, 0.3) is 0 Å². The van der Waals surface area contributed by atoms with Gasteiger partial charge in [0.1, 0.15) is 16.6 Å². The van der Waals surface area contributed by atoms with Crippen molar-refractivity contribution in [3.05, 3.63) is 46.8 Å². The Morgan fingerprint density at radius 2 is 2.04 bits per heavy atom. The lowest BCUT2D eigenvalue weighted by atomic mass is 9.91. The maximum Gasteiger partial charge on any atom is 0.252 e. The van der Waals surface area contributed by atoms with E-state index in [4.69, 9.17) is 4.74 Å². The minimum Gasteiger partial charge on any atom is -0.492 e. The number of hydrogen-bond acceptors (Lipinski definition) is 5. The van der Waals surface area contributed by atoms with Crippen molar-refractivity contribution < 1.29 is 17.9 Å². The molecule has 2 aromatic rings. The predicted molar refractivity (Wildman–Crippen MR) is 105 cm³/mol. The van der Waals surface area contributed by atoms with Crippen molar-refractivity contribution in [1.82, 2.24) is 9.21 Å². The molecule has 0 aliphatic carbocycles. The summed E-state index contributed by atoms with van der Waals surface area (Å²) in [7, 11) is -1.79. The fourth-order valence-electron chi connectivity index (χ4n) is 3.08. The molecule has 0 unspecified atom stereocenters. The lowest BCUT2D eigenvalue weighted by molar-refractivity contribution is -0.132. The van der Waals surface area contributed by atoms with Gasteiger partial charge in [0, 0.05) is 32.6 Å². The van der Waals surface area contributed by atoms with Crippen LogP contribution in [0.3, 0.4) is 0 Å². The number of thiophene rings is 1. The van der Waals surface area contributed by atoms with Crippen molar-refractivity contribution in [3.63, 3.8) is 0 Å². The van der Waals surface area contributed by atoms with Gasteiger partial charge in [-0.15, -0.1) is 11.3 Å². The van der Waals surface area contributed by atoms with Crippen LogP contribution in [0.4, 0.5) is 0 Å². The second-order valence-corrected chi connectivity index (χ2v) is 10.2. The first kappa shape index (κ1) is 19.9. The van der Waals surface area contributed by atoms with Crippen molar-refractivity contribution in [2.45, 2.75) is 37.1 Å². The zero-order valence-electron chi connectivity index (χ0n) is 15.9. The summed E-state index contributed by atoms with van der Waals surface area (Å²) in [6.07, 6.45) is 0. The summed E-state index contributed by atoms with van der Waals surface area (Å²) in [6.45, 7) is 6.29.